The molecule has 1 aliphatic heterocycles. The Bertz CT molecular complexity index is 779. The van der Waals surface area contributed by atoms with Gasteiger partial charge >= 0.3 is 6.03 Å². The number of carbonyl (C=O) groups excluding carboxylic acids is 2. The average Bonchev–Trinajstić information content (AvgIpc) is 2.91. The zero-order chi connectivity index (χ0) is 17.3. The van der Waals surface area contributed by atoms with Crippen molar-refractivity contribution in [3.63, 3.8) is 0 Å². The van der Waals surface area contributed by atoms with Gasteiger partial charge in [-0.1, -0.05) is 15.9 Å². The number of nitrogens with one attached hydrogen (secondary N) is 1. The van der Waals surface area contributed by atoms with Crippen molar-refractivity contribution in [1.29, 1.82) is 0 Å². The molecule has 2 heterocycles. The third-order valence-corrected chi connectivity index (χ3v) is 4.77. The van der Waals surface area contributed by atoms with Gasteiger partial charge in [-0.3, -0.25) is 4.79 Å². The summed E-state index contributed by atoms with van der Waals surface area (Å²) in [5.74, 6) is 0.268. The molecule has 3 rings (SSSR count). The van der Waals surface area contributed by atoms with Crippen LogP contribution in [0.5, 0.6) is 0 Å². The van der Waals surface area contributed by atoms with Crippen molar-refractivity contribution in [2.75, 3.05) is 32.7 Å². The first-order valence-corrected chi connectivity index (χ1v) is 8.81. The molecule has 1 saturated heterocycles. The van der Waals surface area contributed by atoms with E-state index in [1.54, 1.807) is 9.80 Å². The fourth-order valence-electron chi connectivity index (χ4n) is 2.92. The SMILES string of the molecule is CCNC(=O)N1CCN(C(=O)c2oc3ccc(Br)cc3c2C)CC1. The first-order chi connectivity index (χ1) is 11.5. The summed E-state index contributed by atoms with van der Waals surface area (Å²) in [6.45, 7) is 6.47. The van der Waals surface area contributed by atoms with Crippen LogP contribution in [0.2, 0.25) is 0 Å². The second kappa shape index (κ2) is 6.84. The first-order valence-electron chi connectivity index (χ1n) is 8.02. The quantitative estimate of drug-likeness (QED) is 0.852. The maximum Gasteiger partial charge on any atom is 0.317 e. The summed E-state index contributed by atoms with van der Waals surface area (Å²) < 4.78 is 6.73. The monoisotopic (exact) mass is 393 g/mol. The fourth-order valence-corrected chi connectivity index (χ4v) is 3.28. The Kier molecular flexibility index (Phi) is 4.80. The number of carbonyl (C=O) groups is 2. The molecule has 1 fully saturated rings. The van der Waals surface area contributed by atoms with Gasteiger partial charge in [0.15, 0.2) is 5.76 Å². The number of hydrogen-bond donors (Lipinski definition) is 1. The summed E-state index contributed by atoms with van der Waals surface area (Å²) in [6.07, 6.45) is 0. The van der Waals surface area contributed by atoms with Crippen LogP contribution in [-0.4, -0.2) is 54.5 Å². The summed E-state index contributed by atoms with van der Waals surface area (Å²) in [5, 5.41) is 3.72. The molecule has 0 unspecified atom stereocenters. The van der Waals surface area contributed by atoms with Crippen molar-refractivity contribution in [1.82, 2.24) is 15.1 Å². The van der Waals surface area contributed by atoms with Crippen LogP contribution < -0.4 is 5.32 Å². The number of urea groups is 1. The molecule has 0 saturated carbocycles. The zero-order valence-corrected chi connectivity index (χ0v) is 15.4. The summed E-state index contributed by atoms with van der Waals surface area (Å²) >= 11 is 3.44. The molecule has 128 valence electrons. The molecule has 7 heteroatoms. The van der Waals surface area contributed by atoms with Gasteiger partial charge in [0.2, 0.25) is 0 Å². The van der Waals surface area contributed by atoms with Crippen LogP contribution >= 0.6 is 15.9 Å². The minimum absolute atomic E-state index is 0.0747. The summed E-state index contributed by atoms with van der Waals surface area (Å²) in [4.78, 5) is 28.1. The van der Waals surface area contributed by atoms with E-state index in [2.05, 4.69) is 21.2 Å². The number of amides is 3. The molecule has 0 bridgehead atoms. The molecule has 3 amide bonds. The number of hydrogen-bond acceptors (Lipinski definition) is 3. The summed E-state index contributed by atoms with van der Waals surface area (Å²) in [5.41, 5.74) is 1.56. The lowest BCUT2D eigenvalue weighted by atomic mass is 10.1. The van der Waals surface area contributed by atoms with Crippen LogP contribution in [0.4, 0.5) is 4.79 Å². The highest BCUT2D eigenvalue weighted by Gasteiger charge is 2.28. The van der Waals surface area contributed by atoms with Crippen LogP contribution in [0.15, 0.2) is 27.1 Å². The highest BCUT2D eigenvalue weighted by atomic mass is 79.9. The Morgan fingerprint density at radius 1 is 1.21 bits per heavy atom. The zero-order valence-electron chi connectivity index (χ0n) is 13.8. The van der Waals surface area contributed by atoms with Crippen LogP contribution in [-0.2, 0) is 0 Å². The third kappa shape index (κ3) is 3.13. The van der Waals surface area contributed by atoms with Crippen molar-refractivity contribution in [2.45, 2.75) is 13.8 Å². The van der Waals surface area contributed by atoms with Gasteiger partial charge < -0.3 is 19.5 Å². The van der Waals surface area contributed by atoms with Crippen molar-refractivity contribution < 1.29 is 14.0 Å². The normalized spacial score (nSPS) is 15.0. The van der Waals surface area contributed by atoms with Crippen LogP contribution in [0, 0.1) is 6.92 Å². The van der Waals surface area contributed by atoms with Gasteiger partial charge in [0.25, 0.3) is 5.91 Å². The van der Waals surface area contributed by atoms with Crippen molar-refractivity contribution in [3.05, 3.63) is 34.0 Å². The molecule has 6 nitrogen and oxygen atoms in total. The van der Waals surface area contributed by atoms with Gasteiger partial charge in [0.1, 0.15) is 5.58 Å². The van der Waals surface area contributed by atoms with E-state index >= 15 is 0 Å². The number of rotatable bonds is 2. The second-order valence-corrected chi connectivity index (χ2v) is 6.73. The first kappa shape index (κ1) is 16.8. The lowest BCUT2D eigenvalue weighted by Gasteiger charge is -2.34. The number of benzene rings is 1. The molecule has 1 N–H and O–H groups in total. The van der Waals surface area contributed by atoms with E-state index in [1.165, 1.54) is 0 Å². The Hall–Kier alpha value is -2.02. The summed E-state index contributed by atoms with van der Waals surface area (Å²) in [6, 6.07) is 5.63. The van der Waals surface area contributed by atoms with Gasteiger partial charge in [0, 0.05) is 48.1 Å². The Morgan fingerprint density at radius 2 is 1.88 bits per heavy atom. The number of halogens is 1. The minimum Gasteiger partial charge on any atom is -0.451 e. The fraction of sp³-hybridized carbons (Fsp3) is 0.412. The molecule has 0 aliphatic carbocycles. The minimum atomic E-state index is -0.115. The molecule has 1 aliphatic rings. The maximum atomic E-state index is 12.8. The maximum absolute atomic E-state index is 12.8. The third-order valence-electron chi connectivity index (χ3n) is 4.27. The number of fused-ring (bicyclic) bond motifs is 1. The predicted molar refractivity (Wildman–Crippen MR) is 95.2 cm³/mol. The number of nitrogens with zero attached hydrogens (tertiary/aromatic N) is 2. The molecule has 0 atom stereocenters. The van der Waals surface area contributed by atoms with Gasteiger partial charge in [-0.2, -0.15) is 0 Å². The predicted octanol–water partition coefficient (Wildman–Crippen LogP) is 2.99. The van der Waals surface area contributed by atoms with Crippen LogP contribution in [0.3, 0.4) is 0 Å². The van der Waals surface area contributed by atoms with Crippen molar-refractivity contribution >= 4 is 38.8 Å². The van der Waals surface area contributed by atoms with E-state index in [9.17, 15) is 9.59 Å². The van der Waals surface area contributed by atoms with Crippen molar-refractivity contribution in [3.8, 4) is 0 Å². The Labute approximate surface area is 148 Å². The largest absolute Gasteiger partial charge is 0.451 e. The van der Waals surface area contributed by atoms with E-state index in [-0.39, 0.29) is 11.9 Å². The molecular formula is C17H20BrN3O3. The number of aryl methyl sites for hydroxylation is 1. The number of furan rings is 1. The molecule has 2 aromatic rings. The van der Waals surface area contributed by atoms with Gasteiger partial charge in [-0.05, 0) is 32.0 Å². The molecule has 24 heavy (non-hydrogen) atoms. The topological polar surface area (TPSA) is 65.8 Å². The standard InChI is InChI=1S/C17H20BrN3O3/c1-3-19-17(23)21-8-6-20(7-9-21)16(22)15-11(2)13-10-12(18)4-5-14(13)24-15/h4-5,10H,3,6-9H2,1-2H3,(H,19,23). The van der Waals surface area contributed by atoms with Crippen LogP contribution in [0.25, 0.3) is 11.0 Å². The Balaban J connectivity index is 1.74. The second-order valence-electron chi connectivity index (χ2n) is 5.81. The van der Waals surface area contributed by atoms with E-state index in [1.807, 2.05) is 32.0 Å². The molecule has 0 spiro atoms. The highest BCUT2D eigenvalue weighted by Crippen LogP contribution is 2.29. The lowest BCUT2D eigenvalue weighted by Crippen LogP contribution is -2.53. The van der Waals surface area contributed by atoms with E-state index in [0.717, 1.165) is 15.4 Å². The van der Waals surface area contributed by atoms with Gasteiger partial charge in [0.05, 0.1) is 0 Å². The summed E-state index contributed by atoms with van der Waals surface area (Å²) in [7, 11) is 0. The number of piperazine rings is 1. The van der Waals surface area contributed by atoms with Crippen molar-refractivity contribution in [2.24, 2.45) is 0 Å². The lowest BCUT2D eigenvalue weighted by molar-refractivity contribution is 0.0635. The average molecular weight is 394 g/mol. The highest BCUT2D eigenvalue weighted by molar-refractivity contribution is 9.10. The van der Waals surface area contributed by atoms with E-state index < -0.39 is 0 Å². The smallest absolute Gasteiger partial charge is 0.317 e. The molecule has 0 radical (unpaired) electrons. The van der Waals surface area contributed by atoms with Gasteiger partial charge in [-0.25, -0.2) is 4.79 Å². The molecule has 1 aromatic carbocycles. The van der Waals surface area contributed by atoms with Gasteiger partial charge in [-0.15, -0.1) is 0 Å². The van der Waals surface area contributed by atoms with Crippen LogP contribution in [0.1, 0.15) is 23.0 Å². The van der Waals surface area contributed by atoms with E-state index in [0.29, 0.717) is 44.1 Å². The molecular weight excluding hydrogens is 374 g/mol. The molecule has 1 aromatic heterocycles. The Morgan fingerprint density at radius 3 is 2.54 bits per heavy atom. The van der Waals surface area contributed by atoms with E-state index in [4.69, 9.17) is 4.42 Å².